The van der Waals surface area contributed by atoms with Crippen molar-refractivity contribution in [2.24, 2.45) is 0 Å². The molecule has 0 bridgehead atoms. The molecule has 0 spiro atoms. The van der Waals surface area contributed by atoms with Crippen molar-refractivity contribution >= 4 is 5.91 Å². The highest BCUT2D eigenvalue weighted by atomic mass is 16.5. The Morgan fingerprint density at radius 2 is 2.05 bits per heavy atom. The average Bonchev–Trinajstić information content (AvgIpc) is 2.43. The smallest absolute Gasteiger partial charge is 0.237 e. The van der Waals surface area contributed by atoms with Gasteiger partial charge in [0.1, 0.15) is 0 Å². The van der Waals surface area contributed by atoms with Crippen LogP contribution in [-0.2, 0) is 9.53 Å². The van der Waals surface area contributed by atoms with Gasteiger partial charge in [0.05, 0.1) is 6.04 Å². The number of likely N-dealkylation sites (tertiary alicyclic amines) is 1. The predicted molar refractivity (Wildman–Crippen MR) is 77.2 cm³/mol. The number of hydrogen-bond donors (Lipinski definition) is 2. The molecule has 1 fully saturated rings. The molecule has 0 aromatic rings. The summed E-state index contributed by atoms with van der Waals surface area (Å²) in [6, 6.07) is -0.0380. The first-order valence-corrected chi connectivity index (χ1v) is 7.22. The zero-order valence-electron chi connectivity index (χ0n) is 12.8. The van der Waals surface area contributed by atoms with Crippen LogP contribution in [0.2, 0.25) is 0 Å². The summed E-state index contributed by atoms with van der Waals surface area (Å²) in [5, 5.41) is 6.35. The summed E-state index contributed by atoms with van der Waals surface area (Å²) in [5.74, 6) is 0.129. The number of nitrogens with one attached hydrogen (secondary N) is 2. The monoisotopic (exact) mass is 271 g/mol. The summed E-state index contributed by atoms with van der Waals surface area (Å²) in [4.78, 5) is 14.3. The Labute approximate surface area is 117 Å². The number of piperidine rings is 1. The van der Waals surface area contributed by atoms with Crippen LogP contribution < -0.4 is 10.6 Å². The van der Waals surface area contributed by atoms with Gasteiger partial charge in [0, 0.05) is 38.9 Å². The maximum Gasteiger partial charge on any atom is 0.237 e. The van der Waals surface area contributed by atoms with Crippen LogP contribution in [0.4, 0.5) is 0 Å². The third-order valence-corrected chi connectivity index (χ3v) is 4.26. The van der Waals surface area contributed by atoms with E-state index in [9.17, 15) is 4.79 Å². The maximum absolute atomic E-state index is 12.0. The van der Waals surface area contributed by atoms with Crippen molar-refractivity contribution in [1.82, 2.24) is 15.5 Å². The second-order valence-corrected chi connectivity index (χ2v) is 5.66. The largest absolute Gasteiger partial charge is 0.385 e. The van der Waals surface area contributed by atoms with Crippen molar-refractivity contribution in [2.75, 3.05) is 40.4 Å². The molecule has 1 rings (SSSR count). The van der Waals surface area contributed by atoms with Crippen molar-refractivity contribution in [3.05, 3.63) is 0 Å². The van der Waals surface area contributed by atoms with Gasteiger partial charge in [-0.2, -0.15) is 0 Å². The van der Waals surface area contributed by atoms with Crippen molar-refractivity contribution < 1.29 is 9.53 Å². The van der Waals surface area contributed by atoms with Gasteiger partial charge in [0.25, 0.3) is 0 Å². The fraction of sp³-hybridized carbons (Fsp3) is 0.929. The fourth-order valence-corrected chi connectivity index (χ4v) is 2.40. The van der Waals surface area contributed by atoms with Gasteiger partial charge >= 0.3 is 0 Å². The summed E-state index contributed by atoms with van der Waals surface area (Å²) in [5.41, 5.74) is 0.227. The van der Waals surface area contributed by atoms with Gasteiger partial charge in [-0.1, -0.05) is 0 Å². The molecule has 0 radical (unpaired) electrons. The van der Waals surface area contributed by atoms with Crippen molar-refractivity contribution in [2.45, 2.75) is 44.7 Å². The quantitative estimate of drug-likeness (QED) is 0.666. The van der Waals surface area contributed by atoms with Gasteiger partial charge in [0.2, 0.25) is 5.91 Å². The first kappa shape index (κ1) is 16.4. The molecule has 112 valence electrons. The SMILES string of the molecule is CNC1(C)CCN(C(C)C(=O)NCCCOC)CC1. The normalized spacial score (nSPS) is 21.1. The molecule has 19 heavy (non-hydrogen) atoms. The number of carbonyl (C=O) groups excluding carboxylic acids is 1. The van der Waals surface area contributed by atoms with E-state index < -0.39 is 0 Å². The Morgan fingerprint density at radius 1 is 1.42 bits per heavy atom. The van der Waals surface area contributed by atoms with Crippen LogP contribution in [0, 0.1) is 0 Å². The lowest BCUT2D eigenvalue weighted by molar-refractivity contribution is -0.126. The lowest BCUT2D eigenvalue weighted by atomic mass is 9.89. The van der Waals surface area contributed by atoms with Crippen molar-refractivity contribution in [3.63, 3.8) is 0 Å². The molecule has 1 heterocycles. The summed E-state index contributed by atoms with van der Waals surface area (Å²) < 4.78 is 4.97. The predicted octanol–water partition coefficient (Wildman–Crippen LogP) is 0.602. The zero-order chi connectivity index (χ0) is 14.3. The summed E-state index contributed by atoms with van der Waals surface area (Å²) in [7, 11) is 3.69. The van der Waals surface area contributed by atoms with Crippen LogP contribution in [0.15, 0.2) is 0 Å². The van der Waals surface area contributed by atoms with E-state index in [-0.39, 0.29) is 17.5 Å². The second-order valence-electron chi connectivity index (χ2n) is 5.66. The summed E-state index contributed by atoms with van der Waals surface area (Å²) >= 11 is 0. The molecule has 5 heteroatoms. The molecule has 1 unspecified atom stereocenters. The van der Waals surface area contributed by atoms with Crippen molar-refractivity contribution in [1.29, 1.82) is 0 Å². The minimum atomic E-state index is -0.0380. The van der Waals surface area contributed by atoms with Crippen molar-refractivity contribution in [3.8, 4) is 0 Å². The Morgan fingerprint density at radius 3 is 2.58 bits per heavy atom. The van der Waals surface area contributed by atoms with E-state index in [1.54, 1.807) is 7.11 Å². The van der Waals surface area contributed by atoms with E-state index >= 15 is 0 Å². The second kappa shape index (κ2) is 7.82. The molecular formula is C14H29N3O2. The zero-order valence-corrected chi connectivity index (χ0v) is 12.8. The molecule has 1 aliphatic rings. The topological polar surface area (TPSA) is 53.6 Å². The van der Waals surface area contributed by atoms with Gasteiger partial charge in [-0.05, 0) is 40.2 Å². The molecule has 1 aliphatic heterocycles. The number of amides is 1. The molecule has 5 nitrogen and oxygen atoms in total. The Hall–Kier alpha value is -0.650. The third-order valence-electron chi connectivity index (χ3n) is 4.26. The lowest BCUT2D eigenvalue weighted by Crippen LogP contribution is -2.55. The van der Waals surface area contributed by atoms with Gasteiger partial charge in [0.15, 0.2) is 0 Å². The summed E-state index contributed by atoms with van der Waals surface area (Å²) in [6.07, 6.45) is 3.04. The lowest BCUT2D eigenvalue weighted by Gasteiger charge is -2.41. The number of ether oxygens (including phenoxy) is 1. The number of nitrogens with zero attached hydrogens (tertiary/aromatic N) is 1. The molecule has 0 aliphatic carbocycles. The third kappa shape index (κ3) is 5.09. The molecule has 2 N–H and O–H groups in total. The molecule has 1 saturated heterocycles. The van der Waals surface area contributed by atoms with Gasteiger partial charge in [-0.3, -0.25) is 9.69 Å². The Balaban J connectivity index is 2.30. The first-order chi connectivity index (χ1) is 9.02. The van der Waals surface area contributed by atoms with E-state index in [4.69, 9.17) is 4.74 Å². The molecule has 0 aromatic heterocycles. The Kier molecular flexibility index (Phi) is 6.75. The number of hydrogen-bond acceptors (Lipinski definition) is 4. The van der Waals surface area contributed by atoms with E-state index in [0.717, 1.165) is 32.4 Å². The summed E-state index contributed by atoms with van der Waals surface area (Å²) in [6.45, 7) is 7.58. The number of carbonyl (C=O) groups is 1. The Bertz CT molecular complexity index is 276. The highest BCUT2D eigenvalue weighted by molar-refractivity contribution is 5.81. The molecular weight excluding hydrogens is 242 g/mol. The maximum atomic E-state index is 12.0. The fourth-order valence-electron chi connectivity index (χ4n) is 2.40. The average molecular weight is 271 g/mol. The van der Waals surface area contributed by atoms with Gasteiger partial charge in [-0.25, -0.2) is 0 Å². The van der Waals surface area contributed by atoms with E-state index in [1.165, 1.54) is 0 Å². The number of rotatable bonds is 7. The van der Waals surface area contributed by atoms with Crippen LogP contribution in [0.5, 0.6) is 0 Å². The first-order valence-electron chi connectivity index (χ1n) is 7.22. The molecule has 0 aromatic carbocycles. The van der Waals surface area contributed by atoms with Crippen LogP contribution in [-0.4, -0.2) is 62.8 Å². The van der Waals surface area contributed by atoms with E-state index in [1.807, 2.05) is 14.0 Å². The van der Waals surface area contributed by atoms with Gasteiger partial charge < -0.3 is 15.4 Å². The van der Waals surface area contributed by atoms with Crippen LogP contribution >= 0.6 is 0 Å². The number of methoxy groups -OCH3 is 1. The highest BCUT2D eigenvalue weighted by Gasteiger charge is 2.31. The van der Waals surface area contributed by atoms with E-state index in [2.05, 4.69) is 22.5 Å². The van der Waals surface area contributed by atoms with Crippen LogP contribution in [0.3, 0.4) is 0 Å². The highest BCUT2D eigenvalue weighted by Crippen LogP contribution is 2.22. The van der Waals surface area contributed by atoms with Gasteiger partial charge in [-0.15, -0.1) is 0 Å². The van der Waals surface area contributed by atoms with Crippen LogP contribution in [0.25, 0.3) is 0 Å². The molecule has 1 atom stereocenters. The minimum absolute atomic E-state index is 0.0380. The van der Waals surface area contributed by atoms with Crippen LogP contribution in [0.1, 0.15) is 33.1 Å². The molecule has 1 amide bonds. The van der Waals surface area contributed by atoms with E-state index in [0.29, 0.717) is 13.2 Å². The standard InChI is InChI=1S/C14H29N3O2/c1-12(13(18)16-8-5-11-19-4)17-9-6-14(2,15-3)7-10-17/h12,15H,5-11H2,1-4H3,(H,16,18). The minimum Gasteiger partial charge on any atom is -0.385 e. The molecule has 0 saturated carbocycles.